The second-order valence-corrected chi connectivity index (χ2v) is 15.7. The third-order valence-electron chi connectivity index (χ3n) is 6.45. The Bertz CT molecular complexity index is 1380. The van der Waals surface area contributed by atoms with Crippen LogP contribution in [0.5, 0.6) is 0 Å². The van der Waals surface area contributed by atoms with E-state index in [-0.39, 0.29) is 10.4 Å². The zero-order valence-corrected chi connectivity index (χ0v) is 22.2. The fourth-order valence-electron chi connectivity index (χ4n) is 4.32. The van der Waals surface area contributed by atoms with Crippen molar-refractivity contribution in [1.82, 2.24) is 4.72 Å². The van der Waals surface area contributed by atoms with Gasteiger partial charge in [0.25, 0.3) is 10.0 Å². The molecule has 3 nitrogen and oxygen atoms in total. The maximum atomic E-state index is 13.4. The van der Waals surface area contributed by atoms with E-state index in [0.29, 0.717) is 5.70 Å². The molecule has 1 N–H and O–H groups in total. The predicted molar refractivity (Wildman–Crippen MR) is 149 cm³/mol. The Morgan fingerprint density at radius 2 is 1.26 bits per heavy atom. The average molecular weight is 498 g/mol. The lowest BCUT2D eigenvalue weighted by molar-refractivity contribution is 0.591. The molecule has 0 aliphatic rings. The molecule has 0 spiro atoms. The van der Waals surface area contributed by atoms with Crippen LogP contribution in [-0.2, 0) is 10.0 Å². The summed E-state index contributed by atoms with van der Waals surface area (Å²) in [6.07, 6.45) is 2.12. The number of nitrogens with one attached hydrogen (secondary N) is 1. The van der Waals surface area contributed by atoms with Gasteiger partial charge in [0.2, 0.25) is 0 Å². The van der Waals surface area contributed by atoms with Crippen LogP contribution in [0, 0.1) is 6.92 Å². The zero-order chi connectivity index (χ0) is 24.9. The Labute approximate surface area is 210 Å². The predicted octanol–water partition coefficient (Wildman–Crippen LogP) is 6.25. The number of allylic oxidation sites excluding steroid dienone is 1. The van der Waals surface area contributed by atoms with Crippen LogP contribution in [0.4, 0.5) is 0 Å². The molecular formula is C30H31NO2SSi. The largest absolute Gasteiger partial charge is 0.279 e. The quantitative estimate of drug-likeness (QED) is 0.292. The number of benzene rings is 4. The summed E-state index contributed by atoms with van der Waals surface area (Å²) < 4.78 is 29.8. The number of rotatable bonds is 8. The van der Waals surface area contributed by atoms with E-state index in [9.17, 15) is 8.42 Å². The Morgan fingerprint density at radius 3 is 1.83 bits per heavy atom. The summed E-state index contributed by atoms with van der Waals surface area (Å²) in [4.78, 5) is 0.251. The normalized spacial score (nSPS) is 13.3. The molecule has 0 aliphatic carbocycles. The lowest BCUT2D eigenvalue weighted by Crippen LogP contribution is -2.47. The molecule has 1 atom stereocenters. The van der Waals surface area contributed by atoms with Crippen molar-refractivity contribution in [3.8, 4) is 0 Å². The van der Waals surface area contributed by atoms with Crippen molar-refractivity contribution < 1.29 is 8.42 Å². The highest BCUT2D eigenvalue weighted by atomic mass is 32.2. The maximum absolute atomic E-state index is 13.4. The highest BCUT2D eigenvalue weighted by Gasteiger charge is 2.34. The van der Waals surface area contributed by atoms with Crippen LogP contribution in [0.1, 0.15) is 22.2 Å². The maximum Gasteiger partial charge on any atom is 0.261 e. The van der Waals surface area contributed by atoms with Crippen molar-refractivity contribution in [2.45, 2.75) is 30.5 Å². The minimum atomic E-state index is -3.77. The second kappa shape index (κ2) is 10.5. The number of aryl methyl sites for hydroxylation is 1. The first kappa shape index (κ1) is 24.7. The van der Waals surface area contributed by atoms with Gasteiger partial charge in [0.05, 0.1) is 18.7 Å². The van der Waals surface area contributed by atoms with E-state index < -0.39 is 18.1 Å². The van der Waals surface area contributed by atoms with Gasteiger partial charge in [-0.05, 0) is 30.2 Å². The van der Waals surface area contributed by atoms with Crippen LogP contribution in [-0.4, -0.2) is 16.5 Å². The molecule has 0 aromatic heterocycles. The van der Waals surface area contributed by atoms with Gasteiger partial charge in [-0.15, -0.1) is 0 Å². The topological polar surface area (TPSA) is 46.2 Å². The molecule has 4 rings (SSSR count). The number of hydrogen-bond acceptors (Lipinski definition) is 2. The van der Waals surface area contributed by atoms with Gasteiger partial charge in [0.1, 0.15) is 0 Å². The Balaban J connectivity index is 1.86. The lowest BCUT2D eigenvalue weighted by Gasteiger charge is -2.32. The molecule has 0 saturated heterocycles. The highest BCUT2D eigenvalue weighted by molar-refractivity contribution is 7.89. The Hall–Kier alpha value is -3.41. The van der Waals surface area contributed by atoms with Crippen molar-refractivity contribution in [2.75, 3.05) is 0 Å². The molecule has 0 amide bonds. The molecule has 4 aromatic rings. The van der Waals surface area contributed by atoms with Gasteiger partial charge in [0, 0.05) is 5.54 Å². The van der Waals surface area contributed by atoms with Gasteiger partial charge in [-0.2, -0.15) is 0 Å². The van der Waals surface area contributed by atoms with E-state index in [1.165, 1.54) is 10.8 Å². The van der Waals surface area contributed by atoms with Gasteiger partial charge < -0.3 is 0 Å². The molecule has 5 heteroatoms. The van der Waals surface area contributed by atoms with Gasteiger partial charge in [-0.25, -0.2) is 8.42 Å². The van der Waals surface area contributed by atoms with Crippen molar-refractivity contribution in [1.29, 1.82) is 0 Å². The Morgan fingerprint density at radius 1 is 0.743 bits per heavy atom. The molecule has 35 heavy (non-hydrogen) atoms. The fourth-order valence-corrected chi connectivity index (χ4v) is 8.43. The third-order valence-corrected chi connectivity index (χ3v) is 11.7. The monoisotopic (exact) mass is 497 g/mol. The van der Waals surface area contributed by atoms with E-state index in [4.69, 9.17) is 0 Å². The van der Waals surface area contributed by atoms with Crippen LogP contribution in [0.15, 0.2) is 126 Å². The molecule has 0 saturated carbocycles. The molecule has 0 radical (unpaired) electrons. The summed E-state index contributed by atoms with van der Waals surface area (Å²) in [5.41, 5.74) is 3.67. The molecule has 0 fully saturated rings. The SMILES string of the molecule is Cc1ccc(S(=O)(=O)N/C(=C\C(c2ccccc2)[Si](C)(C)c2ccccc2)c2ccccc2)cc1. The second-order valence-electron chi connectivity index (χ2n) is 9.34. The Kier molecular flexibility index (Phi) is 7.38. The summed E-state index contributed by atoms with van der Waals surface area (Å²) >= 11 is 0. The van der Waals surface area contributed by atoms with E-state index >= 15 is 0 Å². The fraction of sp³-hybridized carbons (Fsp3) is 0.133. The van der Waals surface area contributed by atoms with Crippen molar-refractivity contribution in [3.05, 3.63) is 138 Å². The molecule has 0 bridgehead atoms. The molecule has 0 aliphatic heterocycles. The van der Waals surface area contributed by atoms with E-state index in [1.807, 2.05) is 73.7 Å². The number of sulfonamides is 1. The molecule has 4 aromatic carbocycles. The first-order valence-corrected chi connectivity index (χ1v) is 16.3. The molecule has 1 unspecified atom stereocenters. The van der Waals surface area contributed by atoms with Crippen molar-refractivity contribution >= 4 is 29.0 Å². The van der Waals surface area contributed by atoms with Gasteiger partial charge >= 0.3 is 0 Å². The number of hydrogen-bond donors (Lipinski definition) is 1. The van der Waals surface area contributed by atoms with E-state index in [0.717, 1.165) is 11.1 Å². The van der Waals surface area contributed by atoms with Gasteiger partial charge in [-0.3, -0.25) is 4.72 Å². The van der Waals surface area contributed by atoms with E-state index in [1.54, 1.807) is 12.1 Å². The molecule has 0 heterocycles. The van der Waals surface area contributed by atoms with Crippen LogP contribution in [0.3, 0.4) is 0 Å². The first-order chi connectivity index (χ1) is 16.8. The molecular weight excluding hydrogens is 466 g/mol. The smallest absolute Gasteiger partial charge is 0.261 e. The van der Waals surface area contributed by atoms with Crippen molar-refractivity contribution in [3.63, 3.8) is 0 Å². The zero-order valence-electron chi connectivity index (χ0n) is 20.3. The van der Waals surface area contributed by atoms with Crippen LogP contribution in [0.25, 0.3) is 5.70 Å². The third kappa shape index (κ3) is 5.81. The van der Waals surface area contributed by atoms with Crippen LogP contribution in [0.2, 0.25) is 13.1 Å². The minimum Gasteiger partial charge on any atom is -0.279 e. The lowest BCUT2D eigenvalue weighted by atomic mass is 10.1. The van der Waals surface area contributed by atoms with Crippen LogP contribution >= 0.6 is 0 Å². The minimum absolute atomic E-state index is 0.0435. The van der Waals surface area contributed by atoms with Crippen LogP contribution < -0.4 is 9.91 Å². The highest BCUT2D eigenvalue weighted by Crippen LogP contribution is 2.32. The van der Waals surface area contributed by atoms with Crippen molar-refractivity contribution in [2.24, 2.45) is 0 Å². The summed E-state index contributed by atoms with van der Waals surface area (Å²) in [6.45, 7) is 6.63. The summed E-state index contributed by atoms with van der Waals surface area (Å²) in [5, 5.41) is 1.32. The van der Waals surface area contributed by atoms with Gasteiger partial charge in [0.15, 0.2) is 0 Å². The summed E-state index contributed by atoms with van der Waals surface area (Å²) in [7, 11) is -5.88. The summed E-state index contributed by atoms with van der Waals surface area (Å²) in [6, 6.07) is 37.6. The molecule has 178 valence electrons. The first-order valence-electron chi connectivity index (χ1n) is 11.7. The average Bonchev–Trinajstić information content (AvgIpc) is 2.88. The standard InChI is InChI=1S/C30H31NO2SSi/c1-24-19-21-27(22-20-24)34(32,33)31-29(25-13-7-4-8-14-25)23-30(26-15-9-5-10-16-26)35(2,3)28-17-11-6-12-18-28/h4-23,30-31H,1-3H3/b29-23-. The van der Waals surface area contributed by atoms with Gasteiger partial charge in [-0.1, -0.05) is 133 Å². The summed E-state index contributed by atoms with van der Waals surface area (Å²) in [5.74, 6) is 0. The van der Waals surface area contributed by atoms with E-state index in [2.05, 4.69) is 60.3 Å².